The van der Waals surface area contributed by atoms with E-state index in [0.29, 0.717) is 22.4 Å². The molecule has 0 fully saturated rings. The summed E-state index contributed by atoms with van der Waals surface area (Å²) in [5, 5.41) is 0. The third-order valence-corrected chi connectivity index (χ3v) is 9.80. The molecule has 102 valence electrons. The second kappa shape index (κ2) is 5.87. The quantitative estimate of drug-likeness (QED) is 0.651. The summed E-state index contributed by atoms with van der Waals surface area (Å²) in [6.07, 6.45) is 0. The maximum atomic E-state index is 13.3. The lowest BCUT2D eigenvalue weighted by molar-refractivity contribution is 0.475. The number of rotatable bonds is 5. The largest absolute Gasteiger partial charge is 0.543 e. The third-order valence-electron chi connectivity index (χ3n) is 3.80. The van der Waals surface area contributed by atoms with Gasteiger partial charge in [0.05, 0.1) is 0 Å². The van der Waals surface area contributed by atoms with Crippen LogP contribution < -0.4 is 4.43 Å². The highest BCUT2D eigenvalue weighted by Crippen LogP contribution is 2.42. The van der Waals surface area contributed by atoms with E-state index < -0.39 is 8.32 Å². The standard InChI is InChI=1S/C15H25FOSi/c1-11(2)18(12(3)4,13(5)6)17-15-9-7-8-14(16)10-15/h7-13H,1-6H3. The van der Waals surface area contributed by atoms with Crippen LogP contribution in [0.3, 0.4) is 0 Å². The van der Waals surface area contributed by atoms with Gasteiger partial charge in [0, 0.05) is 6.07 Å². The van der Waals surface area contributed by atoms with Crippen molar-refractivity contribution in [2.24, 2.45) is 0 Å². The lowest BCUT2D eigenvalue weighted by Crippen LogP contribution is -2.50. The minimum atomic E-state index is -1.96. The Balaban J connectivity index is 3.12. The number of benzene rings is 1. The number of halogens is 1. The first-order chi connectivity index (χ1) is 8.30. The summed E-state index contributed by atoms with van der Waals surface area (Å²) in [5.74, 6) is 0.449. The van der Waals surface area contributed by atoms with E-state index in [9.17, 15) is 4.39 Å². The molecule has 0 aliphatic rings. The zero-order valence-corrected chi connectivity index (χ0v) is 13.3. The lowest BCUT2D eigenvalue weighted by Gasteiger charge is -2.42. The molecule has 3 heteroatoms. The Bertz CT molecular complexity index is 366. The van der Waals surface area contributed by atoms with Crippen LogP contribution >= 0.6 is 0 Å². The van der Waals surface area contributed by atoms with E-state index >= 15 is 0 Å². The monoisotopic (exact) mass is 268 g/mol. The molecular weight excluding hydrogens is 243 g/mol. The molecule has 1 nitrogen and oxygen atoms in total. The van der Waals surface area contributed by atoms with Crippen LogP contribution in [0.1, 0.15) is 41.5 Å². The van der Waals surface area contributed by atoms with Crippen LogP contribution in [0.15, 0.2) is 24.3 Å². The van der Waals surface area contributed by atoms with Gasteiger partial charge in [0.25, 0.3) is 8.32 Å². The molecule has 0 N–H and O–H groups in total. The third kappa shape index (κ3) is 2.94. The molecule has 0 spiro atoms. The van der Waals surface area contributed by atoms with Gasteiger partial charge in [-0.3, -0.25) is 0 Å². The predicted octanol–water partition coefficient (Wildman–Crippen LogP) is 5.38. The first-order valence-corrected chi connectivity index (χ1v) is 8.89. The Morgan fingerprint density at radius 2 is 1.44 bits per heavy atom. The average molecular weight is 268 g/mol. The zero-order valence-electron chi connectivity index (χ0n) is 12.3. The van der Waals surface area contributed by atoms with E-state index in [0.717, 1.165) is 0 Å². The van der Waals surface area contributed by atoms with Crippen molar-refractivity contribution in [3.63, 3.8) is 0 Å². The molecule has 1 aromatic rings. The van der Waals surface area contributed by atoms with Gasteiger partial charge in [-0.2, -0.15) is 0 Å². The number of hydrogen-bond acceptors (Lipinski definition) is 1. The highest BCUT2D eigenvalue weighted by molar-refractivity contribution is 6.78. The lowest BCUT2D eigenvalue weighted by atomic mass is 10.3. The van der Waals surface area contributed by atoms with E-state index in [2.05, 4.69) is 41.5 Å². The topological polar surface area (TPSA) is 9.23 Å². The molecule has 0 radical (unpaired) electrons. The summed E-state index contributed by atoms with van der Waals surface area (Å²) in [4.78, 5) is 0. The van der Waals surface area contributed by atoms with Gasteiger partial charge in [0.15, 0.2) is 0 Å². The van der Waals surface area contributed by atoms with Crippen molar-refractivity contribution in [1.82, 2.24) is 0 Å². The molecule has 18 heavy (non-hydrogen) atoms. The van der Waals surface area contributed by atoms with Crippen LogP contribution in [0.4, 0.5) is 4.39 Å². The molecule has 0 bridgehead atoms. The fourth-order valence-corrected chi connectivity index (χ4v) is 8.33. The van der Waals surface area contributed by atoms with E-state index in [1.165, 1.54) is 12.1 Å². The molecule has 0 aliphatic heterocycles. The van der Waals surface area contributed by atoms with Crippen LogP contribution in [0.25, 0.3) is 0 Å². The minimum absolute atomic E-state index is 0.230. The number of hydrogen-bond donors (Lipinski definition) is 0. The van der Waals surface area contributed by atoms with Gasteiger partial charge in [-0.05, 0) is 28.8 Å². The van der Waals surface area contributed by atoms with E-state index in [-0.39, 0.29) is 5.82 Å². The molecule has 0 heterocycles. The van der Waals surface area contributed by atoms with Crippen molar-refractivity contribution in [1.29, 1.82) is 0 Å². The summed E-state index contributed by atoms with van der Waals surface area (Å²) >= 11 is 0. The molecule has 0 unspecified atom stereocenters. The maximum Gasteiger partial charge on any atom is 0.258 e. The zero-order chi connectivity index (χ0) is 13.9. The fraction of sp³-hybridized carbons (Fsp3) is 0.600. The summed E-state index contributed by atoms with van der Waals surface area (Å²) in [5.41, 5.74) is 1.50. The van der Waals surface area contributed by atoms with Crippen molar-refractivity contribution in [3.05, 3.63) is 30.1 Å². The molecule has 0 saturated heterocycles. The Labute approximate surface area is 111 Å². The fourth-order valence-electron chi connectivity index (χ4n) is 3.09. The summed E-state index contributed by atoms with van der Waals surface area (Å²) in [6.45, 7) is 13.4. The maximum absolute atomic E-state index is 13.3. The van der Waals surface area contributed by atoms with Gasteiger partial charge < -0.3 is 4.43 Å². The van der Waals surface area contributed by atoms with Gasteiger partial charge in [-0.25, -0.2) is 4.39 Å². The molecule has 0 aliphatic carbocycles. The van der Waals surface area contributed by atoms with Crippen LogP contribution in [0, 0.1) is 5.82 Å². The molecule has 0 atom stereocenters. The molecular formula is C15H25FOSi. The van der Waals surface area contributed by atoms with Crippen molar-refractivity contribution < 1.29 is 8.82 Å². The smallest absolute Gasteiger partial charge is 0.258 e. The Kier molecular flexibility index (Phi) is 4.97. The van der Waals surface area contributed by atoms with Crippen molar-refractivity contribution in [2.45, 2.75) is 58.2 Å². The van der Waals surface area contributed by atoms with Crippen LogP contribution in [-0.4, -0.2) is 8.32 Å². The Morgan fingerprint density at radius 3 is 1.83 bits per heavy atom. The molecule has 1 rings (SSSR count). The Hall–Kier alpha value is -0.833. The summed E-state index contributed by atoms with van der Waals surface area (Å²) in [7, 11) is -1.96. The van der Waals surface area contributed by atoms with Crippen molar-refractivity contribution in [3.8, 4) is 5.75 Å². The van der Waals surface area contributed by atoms with E-state index in [4.69, 9.17) is 4.43 Å². The van der Waals surface area contributed by atoms with Crippen LogP contribution in [0.5, 0.6) is 5.75 Å². The molecule has 0 amide bonds. The van der Waals surface area contributed by atoms with Gasteiger partial charge in [0.2, 0.25) is 0 Å². The van der Waals surface area contributed by atoms with Gasteiger partial charge >= 0.3 is 0 Å². The van der Waals surface area contributed by atoms with E-state index in [1.54, 1.807) is 6.07 Å². The highest BCUT2D eigenvalue weighted by atomic mass is 28.4. The molecule has 0 aromatic heterocycles. The molecule has 1 aromatic carbocycles. The predicted molar refractivity (Wildman–Crippen MR) is 78.1 cm³/mol. The normalized spacial score (nSPS) is 12.6. The average Bonchev–Trinajstić information content (AvgIpc) is 2.24. The van der Waals surface area contributed by atoms with Gasteiger partial charge in [-0.1, -0.05) is 47.6 Å². The summed E-state index contributed by atoms with van der Waals surface area (Å²) < 4.78 is 19.6. The van der Waals surface area contributed by atoms with Crippen LogP contribution in [-0.2, 0) is 0 Å². The summed E-state index contributed by atoms with van der Waals surface area (Å²) in [6, 6.07) is 6.52. The van der Waals surface area contributed by atoms with Crippen LogP contribution in [0.2, 0.25) is 16.6 Å². The Morgan fingerprint density at radius 1 is 0.944 bits per heavy atom. The second-order valence-electron chi connectivity index (χ2n) is 5.88. The van der Waals surface area contributed by atoms with Crippen molar-refractivity contribution >= 4 is 8.32 Å². The first-order valence-electron chi connectivity index (χ1n) is 6.75. The highest BCUT2D eigenvalue weighted by Gasteiger charge is 2.46. The SMILES string of the molecule is CC(C)[Si](Oc1cccc(F)c1)(C(C)C)C(C)C. The van der Waals surface area contributed by atoms with Gasteiger partial charge in [0.1, 0.15) is 11.6 Å². The minimum Gasteiger partial charge on any atom is -0.543 e. The van der Waals surface area contributed by atoms with Gasteiger partial charge in [-0.15, -0.1) is 0 Å². The molecule has 0 saturated carbocycles. The van der Waals surface area contributed by atoms with Crippen molar-refractivity contribution in [2.75, 3.05) is 0 Å². The van der Waals surface area contributed by atoms with E-state index in [1.807, 2.05) is 6.07 Å². The first kappa shape index (κ1) is 15.2. The second-order valence-corrected chi connectivity index (χ2v) is 11.3.